The minimum absolute atomic E-state index is 0.401. The molecule has 7 nitrogen and oxygen atoms in total. The average Bonchev–Trinajstić information content (AvgIpc) is 3.25. The van der Waals surface area contributed by atoms with Crippen molar-refractivity contribution in [1.82, 2.24) is 19.6 Å². The van der Waals surface area contributed by atoms with Crippen LogP contribution in [0.5, 0.6) is 0 Å². The van der Waals surface area contributed by atoms with Crippen LogP contribution >= 0.6 is 0 Å². The van der Waals surface area contributed by atoms with Crippen LogP contribution in [0, 0.1) is 0 Å². The molecule has 0 aliphatic carbocycles. The second kappa shape index (κ2) is 6.45. The van der Waals surface area contributed by atoms with E-state index in [4.69, 9.17) is 9.72 Å². The van der Waals surface area contributed by atoms with Gasteiger partial charge in [0.15, 0.2) is 5.65 Å². The molecule has 24 heavy (non-hydrogen) atoms. The molecule has 1 fully saturated rings. The lowest BCUT2D eigenvalue weighted by Gasteiger charge is -2.25. The van der Waals surface area contributed by atoms with Gasteiger partial charge in [-0.25, -0.2) is 14.5 Å². The van der Waals surface area contributed by atoms with Crippen molar-refractivity contribution in [2.45, 2.75) is 18.9 Å². The number of anilines is 3. The normalized spacial score (nSPS) is 17.5. The van der Waals surface area contributed by atoms with Gasteiger partial charge < -0.3 is 15.0 Å². The van der Waals surface area contributed by atoms with Gasteiger partial charge in [0.05, 0.1) is 24.5 Å². The Balaban J connectivity index is 1.60. The fourth-order valence-corrected chi connectivity index (χ4v) is 3.23. The minimum atomic E-state index is 0.401. The van der Waals surface area contributed by atoms with E-state index in [2.05, 4.69) is 26.4 Å². The summed E-state index contributed by atoms with van der Waals surface area (Å²) in [6.45, 7) is 1.75. The molecule has 3 aromatic heterocycles. The van der Waals surface area contributed by atoms with Gasteiger partial charge in [-0.15, -0.1) is 0 Å². The third kappa shape index (κ3) is 2.78. The second-order valence-electron chi connectivity index (χ2n) is 5.89. The lowest BCUT2D eigenvalue weighted by molar-refractivity contribution is 0.180. The topological polar surface area (TPSA) is 67.6 Å². The van der Waals surface area contributed by atoms with Crippen LogP contribution in [0.15, 0.2) is 42.9 Å². The summed E-state index contributed by atoms with van der Waals surface area (Å²) in [7, 11) is 1.75. The maximum Gasteiger partial charge on any atom is 0.177 e. The predicted molar refractivity (Wildman–Crippen MR) is 92.8 cm³/mol. The van der Waals surface area contributed by atoms with Gasteiger partial charge in [-0.1, -0.05) is 6.07 Å². The molecule has 0 radical (unpaired) electrons. The molecular weight excluding hydrogens is 304 g/mol. The van der Waals surface area contributed by atoms with Crippen LogP contribution in [0.4, 0.5) is 17.3 Å². The number of aromatic nitrogens is 4. The summed E-state index contributed by atoms with van der Waals surface area (Å²) < 4.78 is 7.08. The summed E-state index contributed by atoms with van der Waals surface area (Å²) in [4.78, 5) is 11.4. The van der Waals surface area contributed by atoms with Crippen LogP contribution in [-0.4, -0.2) is 45.9 Å². The largest absolute Gasteiger partial charge is 0.383 e. The van der Waals surface area contributed by atoms with E-state index in [1.807, 2.05) is 24.4 Å². The quantitative estimate of drug-likeness (QED) is 0.778. The Morgan fingerprint density at radius 3 is 3.17 bits per heavy atom. The Kier molecular flexibility index (Phi) is 4.00. The zero-order chi connectivity index (χ0) is 16.4. The molecule has 1 atom stereocenters. The molecule has 1 saturated heterocycles. The van der Waals surface area contributed by atoms with Crippen molar-refractivity contribution in [1.29, 1.82) is 0 Å². The Morgan fingerprint density at radius 2 is 2.25 bits per heavy atom. The van der Waals surface area contributed by atoms with Gasteiger partial charge in [-0.05, 0) is 31.0 Å². The highest BCUT2D eigenvalue weighted by atomic mass is 16.5. The first-order chi connectivity index (χ1) is 11.8. The molecule has 7 heteroatoms. The summed E-state index contributed by atoms with van der Waals surface area (Å²) in [6, 6.07) is 8.34. The lowest BCUT2D eigenvalue weighted by atomic mass is 10.2. The second-order valence-corrected chi connectivity index (χ2v) is 5.89. The molecule has 0 bridgehead atoms. The van der Waals surface area contributed by atoms with Crippen LogP contribution in [-0.2, 0) is 4.74 Å². The number of ether oxygens (including phenoxy) is 1. The van der Waals surface area contributed by atoms with Gasteiger partial charge in [0.1, 0.15) is 11.6 Å². The fourth-order valence-electron chi connectivity index (χ4n) is 3.23. The number of hydrogen-bond donors (Lipinski definition) is 1. The third-order valence-corrected chi connectivity index (χ3v) is 4.32. The zero-order valence-electron chi connectivity index (χ0n) is 13.6. The number of pyridine rings is 1. The highest BCUT2D eigenvalue weighted by Crippen LogP contribution is 2.26. The van der Waals surface area contributed by atoms with E-state index >= 15 is 0 Å². The van der Waals surface area contributed by atoms with E-state index in [0.717, 1.165) is 42.5 Å². The standard InChI is InChI=1S/C17H20N6O/c1-24-12-13-4-3-10-22(13)16-6-2-5-15(21-16)20-14-7-8-19-23-11-9-18-17(14)23/h2,5-9,11,13H,3-4,10,12H2,1H3,(H,20,21). The van der Waals surface area contributed by atoms with Gasteiger partial charge in [-0.2, -0.15) is 5.10 Å². The van der Waals surface area contributed by atoms with Crippen LogP contribution in [0.3, 0.4) is 0 Å². The number of methoxy groups -OCH3 is 1. The molecular formula is C17H20N6O. The van der Waals surface area contributed by atoms with Gasteiger partial charge in [-0.3, -0.25) is 0 Å². The highest BCUT2D eigenvalue weighted by Gasteiger charge is 2.25. The molecule has 0 spiro atoms. The molecule has 1 aliphatic rings. The van der Waals surface area contributed by atoms with Gasteiger partial charge >= 0.3 is 0 Å². The SMILES string of the molecule is COCC1CCCN1c1cccc(Nc2ccnn3ccnc23)n1. The summed E-state index contributed by atoms with van der Waals surface area (Å²) in [5.41, 5.74) is 1.66. The van der Waals surface area contributed by atoms with E-state index in [0.29, 0.717) is 6.04 Å². The van der Waals surface area contributed by atoms with E-state index in [-0.39, 0.29) is 0 Å². The number of nitrogens with zero attached hydrogens (tertiary/aromatic N) is 5. The number of rotatable bonds is 5. The lowest BCUT2D eigenvalue weighted by Crippen LogP contribution is -2.33. The zero-order valence-corrected chi connectivity index (χ0v) is 13.6. The summed E-state index contributed by atoms with van der Waals surface area (Å²) in [6.07, 6.45) is 7.62. The van der Waals surface area contributed by atoms with E-state index in [1.54, 1.807) is 24.0 Å². The number of hydrogen-bond acceptors (Lipinski definition) is 6. The molecule has 1 unspecified atom stereocenters. The number of imidazole rings is 1. The molecule has 1 N–H and O–H groups in total. The maximum atomic E-state index is 5.34. The van der Waals surface area contributed by atoms with Gasteiger partial charge in [0.2, 0.25) is 0 Å². The van der Waals surface area contributed by atoms with Crippen LogP contribution in [0.2, 0.25) is 0 Å². The van der Waals surface area contributed by atoms with Crippen molar-refractivity contribution in [3.05, 3.63) is 42.9 Å². The van der Waals surface area contributed by atoms with Crippen molar-refractivity contribution < 1.29 is 4.74 Å². The first kappa shape index (κ1) is 14.9. The van der Waals surface area contributed by atoms with E-state index < -0.39 is 0 Å². The molecule has 3 aromatic rings. The molecule has 4 heterocycles. The summed E-state index contributed by atoms with van der Waals surface area (Å²) >= 11 is 0. The smallest absolute Gasteiger partial charge is 0.177 e. The van der Waals surface area contributed by atoms with Crippen LogP contribution in [0.1, 0.15) is 12.8 Å². The Labute approximate surface area is 140 Å². The first-order valence-corrected chi connectivity index (χ1v) is 8.13. The number of fused-ring (bicyclic) bond motifs is 1. The van der Waals surface area contributed by atoms with Crippen LogP contribution < -0.4 is 10.2 Å². The van der Waals surface area contributed by atoms with Crippen LogP contribution in [0.25, 0.3) is 5.65 Å². The first-order valence-electron chi connectivity index (χ1n) is 8.13. The van der Waals surface area contributed by atoms with Gasteiger partial charge in [0, 0.05) is 26.0 Å². The molecule has 4 rings (SSSR count). The van der Waals surface area contributed by atoms with Gasteiger partial charge in [0.25, 0.3) is 0 Å². The molecule has 0 amide bonds. The monoisotopic (exact) mass is 324 g/mol. The Hall–Kier alpha value is -2.67. The highest BCUT2D eigenvalue weighted by molar-refractivity contribution is 5.72. The maximum absolute atomic E-state index is 5.34. The molecule has 0 saturated carbocycles. The van der Waals surface area contributed by atoms with Crippen molar-refractivity contribution >= 4 is 23.0 Å². The minimum Gasteiger partial charge on any atom is -0.383 e. The summed E-state index contributed by atoms with van der Waals surface area (Å²) in [5.74, 6) is 1.78. The third-order valence-electron chi connectivity index (χ3n) is 4.32. The van der Waals surface area contributed by atoms with Crippen molar-refractivity contribution in [2.24, 2.45) is 0 Å². The predicted octanol–water partition coefficient (Wildman–Crippen LogP) is 2.48. The molecule has 0 aromatic carbocycles. The van der Waals surface area contributed by atoms with E-state index in [1.165, 1.54) is 6.42 Å². The van der Waals surface area contributed by atoms with Crippen molar-refractivity contribution in [3.8, 4) is 0 Å². The van der Waals surface area contributed by atoms with Crippen molar-refractivity contribution in [3.63, 3.8) is 0 Å². The van der Waals surface area contributed by atoms with E-state index in [9.17, 15) is 0 Å². The molecule has 1 aliphatic heterocycles. The van der Waals surface area contributed by atoms with Crippen molar-refractivity contribution in [2.75, 3.05) is 30.5 Å². The Morgan fingerprint density at radius 1 is 1.29 bits per heavy atom. The Bertz CT molecular complexity index is 833. The fraction of sp³-hybridized carbons (Fsp3) is 0.353. The average molecular weight is 324 g/mol. The summed E-state index contributed by atoms with van der Waals surface area (Å²) in [5, 5.41) is 7.58. The molecule has 124 valence electrons. The number of nitrogens with one attached hydrogen (secondary N) is 1.